The van der Waals surface area contributed by atoms with Gasteiger partial charge in [0.25, 0.3) is 0 Å². The fourth-order valence-electron chi connectivity index (χ4n) is 1.93. The highest BCUT2D eigenvalue weighted by atomic mass is 16.5. The van der Waals surface area contributed by atoms with Crippen LogP contribution in [0, 0.1) is 5.41 Å². The number of esters is 1. The van der Waals surface area contributed by atoms with Crippen LogP contribution in [0.15, 0.2) is 0 Å². The monoisotopic (exact) mass is 171 g/mol. The maximum atomic E-state index is 11.2. The minimum Gasteiger partial charge on any atom is -0.468 e. The van der Waals surface area contributed by atoms with Crippen molar-refractivity contribution in [2.75, 3.05) is 20.7 Å². The molecule has 1 saturated heterocycles. The van der Waals surface area contributed by atoms with Crippen molar-refractivity contribution in [1.29, 1.82) is 0 Å². The highest BCUT2D eigenvalue weighted by molar-refractivity contribution is 5.76. The molecule has 1 aliphatic heterocycles. The van der Waals surface area contributed by atoms with Crippen LogP contribution in [-0.4, -0.2) is 37.6 Å². The molecule has 12 heavy (non-hydrogen) atoms. The van der Waals surface area contributed by atoms with E-state index < -0.39 is 0 Å². The Morgan fingerprint density at radius 1 is 1.58 bits per heavy atom. The summed E-state index contributed by atoms with van der Waals surface area (Å²) in [7, 11) is 3.41. The average molecular weight is 171 g/mol. The Balaban J connectivity index is 2.64. The number of hydrogen-bond acceptors (Lipinski definition) is 3. The standard InChI is InChI=1S/C9H17NO2/c1-9(2)5-7(8(11)12-4)10(3)6-9/h7H,5-6H2,1-4H3/t7-/m0/s1. The van der Waals surface area contributed by atoms with Crippen LogP contribution >= 0.6 is 0 Å². The van der Waals surface area contributed by atoms with E-state index >= 15 is 0 Å². The molecule has 0 bridgehead atoms. The lowest BCUT2D eigenvalue weighted by Crippen LogP contribution is -2.33. The number of ether oxygens (including phenoxy) is 1. The Hall–Kier alpha value is -0.570. The van der Waals surface area contributed by atoms with Gasteiger partial charge in [-0.05, 0) is 18.9 Å². The number of nitrogens with zero attached hydrogens (tertiary/aromatic N) is 1. The second-order valence-electron chi connectivity index (χ2n) is 4.32. The third-order valence-electron chi connectivity index (χ3n) is 2.43. The van der Waals surface area contributed by atoms with Gasteiger partial charge >= 0.3 is 5.97 Å². The van der Waals surface area contributed by atoms with Crippen LogP contribution in [0.3, 0.4) is 0 Å². The van der Waals surface area contributed by atoms with Crippen molar-refractivity contribution < 1.29 is 9.53 Å². The molecule has 0 saturated carbocycles. The summed E-state index contributed by atoms with van der Waals surface area (Å²) in [6.45, 7) is 5.31. The van der Waals surface area contributed by atoms with Crippen LogP contribution in [0.1, 0.15) is 20.3 Å². The van der Waals surface area contributed by atoms with Gasteiger partial charge in [-0.25, -0.2) is 0 Å². The molecule has 70 valence electrons. The van der Waals surface area contributed by atoms with Crippen molar-refractivity contribution in [1.82, 2.24) is 4.90 Å². The van der Waals surface area contributed by atoms with Crippen molar-refractivity contribution in [3.8, 4) is 0 Å². The Labute approximate surface area is 73.7 Å². The van der Waals surface area contributed by atoms with E-state index in [4.69, 9.17) is 4.74 Å². The molecule has 0 spiro atoms. The summed E-state index contributed by atoms with van der Waals surface area (Å²) >= 11 is 0. The van der Waals surface area contributed by atoms with Crippen molar-refractivity contribution in [3.63, 3.8) is 0 Å². The van der Waals surface area contributed by atoms with Gasteiger partial charge in [0.05, 0.1) is 7.11 Å². The van der Waals surface area contributed by atoms with E-state index in [2.05, 4.69) is 18.7 Å². The van der Waals surface area contributed by atoms with Gasteiger partial charge in [0.15, 0.2) is 0 Å². The Bertz CT molecular complexity index is 189. The number of methoxy groups -OCH3 is 1. The lowest BCUT2D eigenvalue weighted by molar-refractivity contribution is -0.145. The van der Waals surface area contributed by atoms with Crippen molar-refractivity contribution >= 4 is 5.97 Å². The number of hydrogen-bond donors (Lipinski definition) is 0. The molecule has 0 aliphatic carbocycles. The summed E-state index contributed by atoms with van der Waals surface area (Å²) < 4.78 is 4.72. The first kappa shape index (κ1) is 9.52. The summed E-state index contributed by atoms with van der Waals surface area (Å²) in [5.74, 6) is -0.108. The minimum atomic E-state index is -0.108. The van der Waals surface area contributed by atoms with Crippen molar-refractivity contribution in [2.24, 2.45) is 5.41 Å². The first-order valence-electron chi connectivity index (χ1n) is 4.24. The van der Waals surface area contributed by atoms with Crippen LogP contribution in [0.4, 0.5) is 0 Å². The molecule has 0 radical (unpaired) electrons. The largest absolute Gasteiger partial charge is 0.468 e. The second kappa shape index (κ2) is 3.05. The van der Waals surface area contributed by atoms with Crippen LogP contribution in [0.25, 0.3) is 0 Å². The number of carbonyl (C=O) groups excluding carboxylic acids is 1. The number of likely N-dealkylation sites (N-methyl/N-ethyl adjacent to an activating group) is 1. The maximum Gasteiger partial charge on any atom is 0.323 e. The van der Waals surface area contributed by atoms with E-state index in [0.717, 1.165) is 13.0 Å². The second-order valence-corrected chi connectivity index (χ2v) is 4.32. The van der Waals surface area contributed by atoms with Gasteiger partial charge in [0.1, 0.15) is 6.04 Å². The van der Waals surface area contributed by atoms with Crippen molar-refractivity contribution in [3.05, 3.63) is 0 Å². The lowest BCUT2D eigenvalue weighted by Gasteiger charge is -2.16. The van der Waals surface area contributed by atoms with E-state index in [1.54, 1.807) is 0 Å². The van der Waals surface area contributed by atoms with Crippen molar-refractivity contribution in [2.45, 2.75) is 26.3 Å². The van der Waals surface area contributed by atoms with Crippen LogP contribution in [0.2, 0.25) is 0 Å². The molecule has 3 nitrogen and oxygen atoms in total. The molecule has 3 heteroatoms. The Kier molecular flexibility index (Phi) is 2.42. The molecule has 0 amide bonds. The summed E-state index contributed by atoms with van der Waals surface area (Å²) in [6.07, 6.45) is 0.899. The zero-order valence-corrected chi connectivity index (χ0v) is 8.26. The highest BCUT2D eigenvalue weighted by Crippen LogP contribution is 2.32. The molecular formula is C9H17NO2. The average Bonchev–Trinajstić information content (AvgIpc) is 2.23. The predicted octanol–water partition coefficient (Wildman–Crippen LogP) is 0.890. The Morgan fingerprint density at radius 3 is 2.50 bits per heavy atom. The molecule has 1 fully saturated rings. The van der Waals surface area contributed by atoms with Crippen LogP contribution in [-0.2, 0) is 9.53 Å². The van der Waals surface area contributed by atoms with E-state index in [9.17, 15) is 4.79 Å². The van der Waals surface area contributed by atoms with Gasteiger partial charge in [-0.3, -0.25) is 9.69 Å². The summed E-state index contributed by atoms with van der Waals surface area (Å²) in [5, 5.41) is 0. The zero-order valence-electron chi connectivity index (χ0n) is 8.26. The zero-order chi connectivity index (χ0) is 9.35. The molecule has 1 rings (SSSR count). The summed E-state index contributed by atoms with van der Waals surface area (Å²) in [6, 6.07) is -0.0370. The smallest absolute Gasteiger partial charge is 0.323 e. The molecule has 0 aromatic carbocycles. The van der Waals surface area contributed by atoms with Crippen LogP contribution < -0.4 is 0 Å². The molecule has 0 aromatic rings. The molecule has 0 unspecified atom stereocenters. The normalized spacial score (nSPS) is 28.8. The fourth-order valence-corrected chi connectivity index (χ4v) is 1.93. The van der Waals surface area contributed by atoms with Gasteiger partial charge in [0.2, 0.25) is 0 Å². The molecule has 1 aliphatic rings. The van der Waals surface area contributed by atoms with Gasteiger partial charge in [-0.2, -0.15) is 0 Å². The van der Waals surface area contributed by atoms with Gasteiger partial charge in [0, 0.05) is 6.54 Å². The van der Waals surface area contributed by atoms with E-state index in [1.165, 1.54) is 7.11 Å². The summed E-state index contributed by atoms with van der Waals surface area (Å²) in [5.41, 5.74) is 0.244. The maximum absolute atomic E-state index is 11.2. The Morgan fingerprint density at radius 2 is 2.17 bits per heavy atom. The first-order valence-corrected chi connectivity index (χ1v) is 4.24. The van der Waals surface area contributed by atoms with E-state index in [-0.39, 0.29) is 17.4 Å². The number of rotatable bonds is 1. The van der Waals surface area contributed by atoms with E-state index in [1.807, 2.05) is 7.05 Å². The van der Waals surface area contributed by atoms with Gasteiger partial charge < -0.3 is 4.74 Å². The molecule has 0 N–H and O–H groups in total. The lowest BCUT2D eigenvalue weighted by atomic mass is 9.91. The van der Waals surface area contributed by atoms with Crippen LogP contribution in [0.5, 0.6) is 0 Å². The molecular weight excluding hydrogens is 154 g/mol. The SMILES string of the molecule is COC(=O)[C@@H]1CC(C)(C)CN1C. The third-order valence-corrected chi connectivity index (χ3v) is 2.43. The summed E-state index contributed by atoms with van der Waals surface area (Å²) in [4.78, 5) is 13.3. The number of likely N-dealkylation sites (tertiary alicyclic amines) is 1. The van der Waals surface area contributed by atoms with E-state index in [0.29, 0.717) is 0 Å². The van der Waals surface area contributed by atoms with Gasteiger partial charge in [-0.1, -0.05) is 13.8 Å². The third kappa shape index (κ3) is 1.78. The molecule has 1 heterocycles. The molecule has 1 atom stereocenters. The predicted molar refractivity (Wildman–Crippen MR) is 46.8 cm³/mol. The highest BCUT2D eigenvalue weighted by Gasteiger charge is 2.39. The quantitative estimate of drug-likeness (QED) is 0.549. The minimum absolute atomic E-state index is 0.0370. The topological polar surface area (TPSA) is 29.5 Å². The fraction of sp³-hybridized carbons (Fsp3) is 0.889. The molecule has 0 aromatic heterocycles. The van der Waals surface area contributed by atoms with Gasteiger partial charge in [-0.15, -0.1) is 0 Å². The number of carbonyl (C=O) groups is 1. The first-order chi connectivity index (χ1) is 5.46.